The summed E-state index contributed by atoms with van der Waals surface area (Å²) < 4.78 is 29.6. The quantitative estimate of drug-likeness (QED) is 0.414. The number of anilines is 1. The van der Waals surface area contributed by atoms with Crippen LogP contribution in [-0.2, 0) is 9.84 Å². The van der Waals surface area contributed by atoms with Gasteiger partial charge in [-0.2, -0.15) is 0 Å². The first-order valence-electron chi connectivity index (χ1n) is 8.70. The molecule has 3 N–H and O–H groups in total. The van der Waals surface area contributed by atoms with Crippen molar-refractivity contribution < 1.29 is 23.2 Å². The monoisotopic (exact) mass is 385 g/mol. The van der Waals surface area contributed by atoms with Gasteiger partial charge in [0.05, 0.1) is 35.6 Å². The molecule has 1 aromatic carbocycles. The van der Waals surface area contributed by atoms with Crippen molar-refractivity contribution in [3.05, 3.63) is 17.7 Å². The summed E-state index contributed by atoms with van der Waals surface area (Å²) in [5.74, 6) is -0.731. The van der Waals surface area contributed by atoms with Crippen LogP contribution >= 0.6 is 0 Å². The van der Waals surface area contributed by atoms with Gasteiger partial charge < -0.3 is 10.5 Å². The summed E-state index contributed by atoms with van der Waals surface area (Å²) in [6.45, 7) is 5.46. The van der Waals surface area contributed by atoms with Crippen LogP contribution in [0.5, 0.6) is 5.75 Å². The van der Waals surface area contributed by atoms with Crippen molar-refractivity contribution in [1.82, 2.24) is 9.96 Å². The minimum atomic E-state index is -3.61. The number of benzene rings is 1. The average molecular weight is 385 g/mol. The highest BCUT2D eigenvalue weighted by atomic mass is 32.2. The molecule has 1 saturated heterocycles. The number of methoxy groups -OCH3 is 1. The van der Waals surface area contributed by atoms with Gasteiger partial charge in [0.25, 0.3) is 5.91 Å². The second-order valence-corrected chi connectivity index (χ2v) is 8.55. The van der Waals surface area contributed by atoms with E-state index in [2.05, 4.69) is 4.90 Å². The van der Waals surface area contributed by atoms with E-state index in [0.717, 1.165) is 25.9 Å². The normalized spacial score (nSPS) is 18.1. The number of ether oxygens (including phenoxy) is 1. The molecule has 0 spiro atoms. The zero-order chi connectivity index (χ0) is 19.5. The van der Waals surface area contributed by atoms with Crippen LogP contribution in [0, 0.1) is 0 Å². The fourth-order valence-corrected chi connectivity index (χ4v) is 4.30. The van der Waals surface area contributed by atoms with E-state index >= 15 is 0 Å². The van der Waals surface area contributed by atoms with Crippen LogP contribution in [0.2, 0.25) is 0 Å². The highest BCUT2D eigenvalue weighted by Crippen LogP contribution is 2.30. The van der Waals surface area contributed by atoms with Crippen LogP contribution in [0.1, 0.15) is 37.0 Å². The molecule has 26 heavy (non-hydrogen) atoms. The Kier molecular flexibility index (Phi) is 6.48. The Hall–Kier alpha value is -1.84. The van der Waals surface area contributed by atoms with E-state index in [1.54, 1.807) is 0 Å². The minimum Gasteiger partial charge on any atom is -0.496 e. The Balaban J connectivity index is 2.33. The van der Waals surface area contributed by atoms with E-state index in [4.69, 9.17) is 10.5 Å². The van der Waals surface area contributed by atoms with Gasteiger partial charge in [0.1, 0.15) is 5.75 Å². The first kappa shape index (κ1) is 20.5. The first-order chi connectivity index (χ1) is 12.2. The highest BCUT2D eigenvalue weighted by molar-refractivity contribution is 7.91. The largest absolute Gasteiger partial charge is 0.496 e. The van der Waals surface area contributed by atoms with Crippen LogP contribution < -0.4 is 10.5 Å². The van der Waals surface area contributed by atoms with Crippen LogP contribution in [0.15, 0.2) is 17.0 Å². The maximum absolute atomic E-state index is 12.7. The number of hydrogen-bond donors (Lipinski definition) is 2. The molecule has 1 fully saturated rings. The molecule has 146 valence electrons. The number of nitrogens with zero attached hydrogens (tertiary/aromatic N) is 2. The van der Waals surface area contributed by atoms with Crippen LogP contribution in [0.25, 0.3) is 0 Å². The second-order valence-electron chi connectivity index (χ2n) is 6.31. The lowest BCUT2D eigenvalue weighted by Gasteiger charge is -2.26. The molecule has 0 saturated carbocycles. The molecule has 1 amide bonds. The van der Waals surface area contributed by atoms with Gasteiger partial charge in [-0.05, 0) is 32.0 Å². The van der Waals surface area contributed by atoms with E-state index in [0.29, 0.717) is 5.06 Å². The molecule has 8 nitrogen and oxygen atoms in total. The van der Waals surface area contributed by atoms with Gasteiger partial charge >= 0.3 is 0 Å². The molecule has 0 radical (unpaired) electrons. The van der Waals surface area contributed by atoms with Crippen molar-refractivity contribution in [2.24, 2.45) is 0 Å². The predicted octanol–water partition coefficient (Wildman–Crippen LogP) is 1.39. The topological polar surface area (TPSA) is 113 Å². The van der Waals surface area contributed by atoms with Gasteiger partial charge in [-0.1, -0.05) is 13.8 Å². The molecular formula is C17H27N3O5S. The second kappa shape index (κ2) is 8.24. The Morgan fingerprint density at radius 3 is 2.69 bits per heavy atom. The molecule has 0 unspecified atom stereocenters. The van der Waals surface area contributed by atoms with Crippen LogP contribution in [-0.4, -0.2) is 68.0 Å². The van der Waals surface area contributed by atoms with Crippen LogP contribution in [0.4, 0.5) is 5.69 Å². The molecule has 0 aromatic heterocycles. The van der Waals surface area contributed by atoms with Crippen molar-refractivity contribution >= 4 is 21.4 Å². The van der Waals surface area contributed by atoms with E-state index in [-0.39, 0.29) is 40.2 Å². The Labute approximate surface area is 154 Å². The molecule has 9 heteroatoms. The summed E-state index contributed by atoms with van der Waals surface area (Å²) >= 11 is 0. The summed E-state index contributed by atoms with van der Waals surface area (Å²) in [5.41, 5.74) is 5.80. The van der Waals surface area contributed by atoms with Crippen molar-refractivity contribution in [2.45, 2.75) is 37.6 Å². The standard InChI is InChI=1S/C17H27N3O5S/c1-4-19-8-6-7-12(19)11-20(22)17(21)13-9-16(26(23,24)5-2)14(18)10-15(13)25-3/h9-10,12,22H,4-8,11,18H2,1-3H3/t12-/m0/s1. The van der Waals surface area contributed by atoms with Crippen molar-refractivity contribution in [2.75, 3.05) is 38.2 Å². The molecule has 0 bridgehead atoms. The molecule has 1 aliphatic rings. The third kappa shape index (κ3) is 4.11. The third-order valence-electron chi connectivity index (χ3n) is 4.80. The zero-order valence-corrected chi connectivity index (χ0v) is 16.3. The van der Waals surface area contributed by atoms with E-state index in [1.165, 1.54) is 26.2 Å². The van der Waals surface area contributed by atoms with E-state index in [9.17, 15) is 18.4 Å². The minimum absolute atomic E-state index is 0.0118. The number of carbonyl (C=O) groups excluding carboxylic acids is 1. The summed E-state index contributed by atoms with van der Waals surface area (Å²) in [5, 5.41) is 10.9. The lowest BCUT2D eigenvalue weighted by molar-refractivity contribution is -0.0693. The molecular weight excluding hydrogens is 358 g/mol. The number of likely N-dealkylation sites (N-methyl/N-ethyl adjacent to an activating group) is 1. The number of sulfone groups is 1. The zero-order valence-electron chi connectivity index (χ0n) is 15.4. The summed E-state index contributed by atoms with van der Waals surface area (Å²) in [6.07, 6.45) is 1.91. The summed E-state index contributed by atoms with van der Waals surface area (Å²) in [7, 11) is -2.25. The van der Waals surface area contributed by atoms with Gasteiger partial charge in [-0.15, -0.1) is 0 Å². The van der Waals surface area contributed by atoms with Gasteiger partial charge in [-0.3, -0.25) is 14.9 Å². The number of likely N-dealkylation sites (tertiary alicyclic amines) is 1. The number of hydrogen-bond acceptors (Lipinski definition) is 7. The number of rotatable bonds is 7. The first-order valence-corrected chi connectivity index (χ1v) is 10.3. The number of carbonyl (C=O) groups is 1. The maximum atomic E-state index is 12.7. The lowest BCUT2D eigenvalue weighted by atomic mass is 10.1. The third-order valence-corrected chi connectivity index (χ3v) is 6.58. The Bertz CT molecular complexity index is 766. The predicted molar refractivity (Wildman–Crippen MR) is 98.2 cm³/mol. The highest BCUT2D eigenvalue weighted by Gasteiger charge is 2.29. The van der Waals surface area contributed by atoms with E-state index < -0.39 is 15.7 Å². The molecule has 1 heterocycles. The average Bonchev–Trinajstić information content (AvgIpc) is 3.07. The summed E-state index contributed by atoms with van der Waals surface area (Å²) in [6, 6.07) is 2.56. The van der Waals surface area contributed by atoms with Crippen molar-refractivity contribution in [3.63, 3.8) is 0 Å². The van der Waals surface area contributed by atoms with Gasteiger partial charge in [0, 0.05) is 12.1 Å². The molecule has 0 aliphatic carbocycles. The van der Waals surface area contributed by atoms with Crippen LogP contribution in [0.3, 0.4) is 0 Å². The lowest BCUT2D eigenvalue weighted by Crippen LogP contribution is -2.41. The number of amides is 1. The molecule has 1 atom stereocenters. The van der Waals surface area contributed by atoms with Gasteiger partial charge in [0.2, 0.25) is 0 Å². The van der Waals surface area contributed by atoms with Crippen molar-refractivity contribution in [3.8, 4) is 5.75 Å². The fourth-order valence-electron chi connectivity index (χ4n) is 3.28. The molecule has 2 rings (SSSR count). The smallest absolute Gasteiger partial charge is 0.281 e. The van der Waals surface area contributed by atoms with Gasteiger partial charge in [-0.25, -0.2) is 13.5 Å². The number of hydroxylamine groups is 2. The maximum Gasteiger partial charge on any atom is 0.281 e. The van der Waals surface area contributed by atoms with E-state index in [1.807, 2.05) is 6.92 Å². The van der Waals surface area contributed by atoms with Gasteiger partial charge in [0.15, 0.2) is 9.84 Å². The summed E-state index contributed by atoms with van der Waals surface area (Å²) in [4.78, 5) is 14.8. The molecule has 1 aliphatic heterocycles. The SMILES string of the molecule is CCN1CCC[C@H]1CN(O)C(=O)c1cc(S(=O)(=O)CC)c(N)cc1OC. The number of nitrogen functional groups attached to an aromatic ring is 1. The Morgan fingerprint density at radius 2 is 2.12 bits per heavy atom. The fraction of sp³-hybridized carbons (Fsp3) is 0.588. The molecule has 1 aromatic rings. The Morgan fingerprint density at radius 1 is 1.42 bits per heavy atom. The van der Waals surface area contributed by atoms with Crippen molar-refractivity contribution in [1.29, 1.82) is 0 Å². The number of nitrogens with two attached hydrogens (primary N) is 1.